The number of benzene rings is 5. The minimum atomic E-state index is 0. The first-order valence-corrected chi connectivity index (χ1v) is 24.7. The fourth-order valence-electron chi connectivity index (χ4n) is 3.41. The van der Waals surface area contributed by atoms with Gasteiger partial charge in [-0.25, -0.2) is 0 Å². The summed E-state index contributed by atoms with van der Waals surface area (Å²) in [5.41, 5.74) is 6.47. The van der Waals surface area contributed by atoms with Crippen LogP contribution in [0.2, 0.25) is 0 Å². The summed E-state index contributed by atoms with van der Waals surface area (Å²) in [7, 11) is 2.07. The molecular formula is C60H109NV2. The summed E-state index contributed by atoms with van der Waals surface area (Å²) in [6.45, 7) is 47.3. The van der Waals surface area contributed by atoms with Crippen molar-refractivity contribution in [2.45, 2.75) is 198 Å². The van der Waals surface area contributed by atoms with Crippen LogP contribution in [-0.2, 0) is 43.5 Å². The maximum atomic E-state index is 2.17. The van der Waals surface area contributed by atoms with Crippen LogP contribution < -0.4 is 4.90 Å². The Morgan fingerprint density at radius 2 is 0.444 bits per heavy atom. The normalized spacial score (nSPS) is 7.17. The maximum absolute atomic E-state index is 2.17. The average molecular weight is 946 g/mol. The number of para-hydroxylation sites is 2. The fourth-order valence-corrected chi connectivity index (χ4v) is 3.41. The minimum absolute atomic E-state index is 0. The molecule has 0 N–H and O–H groups in total. The third-order valence-corrected chi connectivity index (χ3v) is 5.32. The van der Waals surface area contributed by atoms with Crippen LogP contribution in [0.3, 0.4) is 0 Å². The van der Waals surface area contributed by atoms with Gasteiger partial charge in [-0.1, -0.05) is 317 Å². The Labute approximate surface area is 423 Å². The molecule has 0 aromatic heterocycles. The van der Waals surface area contributed by atoms with Crippen LogP contribution >= 0.6 is 0 Å². The quantitative estimate of drug-likeness (QED) is 0.174. The Morgan fingerprint density at radius 3 is 0.603 bits per heavy atom. The summed E-state index contributed by atoms with van der Waals surface area (Å²) in [4.78, 5) is 2.17. The van der Waals surface area contributed by atoms with Crippen molar-refractivity contribution < 1.29 is 37.1 Å². The molecule has 364 valence electrons. The van der Waals surface area contributed by atoms with Crippen LogP contribution in [-0.4, -0.2) is 7.05 Å². The van der Waals surface area contributed by atoms with Gasteiger partial charge in [0.15, 0.2) is 0 Å². The van der Waals surface area contributed by atoms with Gasteiger partial charge in [0.2, 0.25) is 0 Å². The van der Waals surface area contributed by atoms with Crippen LogP contribution in [0.15, 0.2) is 152 Å². The fraction of sp³-hybridized carbons (Fsp3) is 0.500. The van der Waals surface area contributed by atoms with E-state index in [1.54, 1.807) is 0 Å². The molecule has 5 aromatic rings. The second-order valence-electron chi connectivity index (χ2n) is 11.6. The van der Waals surface area contributed by atoms with Crippen molar-refractivity contribution in [3.63, 3.8) is 0 Å². The molecule has 0 aliphatic rings. The van der Waals surface area contributed by atoms with Crippen molar-refractivity contribution in [2.24, 2.45) is 0 Å². The van der Waals surface area contributed by atoms with E-state index in [1.165, 1.54) is 60.2 Å². The summed E-state index contributed by atoms with van der Waals surface area (Å²) >= 11 is 0. The number of anilines is 2. The van der Waals surface area contributed by atoms with Gasteiger partial charge in [-0.2, -0.15) is 0 Å². The van der Waals surface area contributed by atoms with Crippen molar-refractivity contribution in [1.82, 2.24) is 0 Å². The first kappa shape index (κ1) is 87.0. The maximum Gasteiger partial charge on any atom is 0.0408 e. The molecule has 0 saturated carbocycles. The topological polar surface area (TPSA) is 3.24 Å². The predicted molar refractivity (Wildman–Crippen MR) is 296 cm³/mol. The zero-order valence-corrected chi connectivity index (χ0v) is 49.3. The van der Waals surface area contributed by atoms with Gasteiger partial charge in [-0.3, -0.25) is 0 Å². The van der Waals surface area contributed by atoms with E-state index < -0.39 is 0 Å². The molecule has 0 fully saturated rings. The molecule has 63 heavy (non-hydrogen) atoms. The van der Waals surface area contributed by atoms with E-state index in [0.29, 0.717) is 0 Å². The first-order valence-electron chi connectivity index (χ1n) is 24.7. The molecule has 3 heteroatoms. The van der Waals surface area contributed by atoms with Crippen molar-refractivity contribution in [1.29, 1.82) is 0 Å². The standard InChI is InChI=1S/C13H13N.C13H12.C7H8.5C3H8.6C2H6.2V/c1-14(12-8-4-2-5-9-12)13-10-6-3-7-11-13;1-3-7-12(8-4-1)11-13-9-5-2-6-10-13;1-7-5-3-2-4-6-7;5*1-3-2;6*1-2;;/h2-11H,1H3;1-10H,11H2;2-6H,1H3;5*3H2,1-2H3;6*1-2H3;;. The van der Waals surface area contributed by atoms with Crippen molar-refractivity contribution >= 4 is 11.4 Å². The van der Waals surface area contributed by atoms with Gasteiger partial charge in [-0.05, 0) is 48.7 Å². The van der Waals surface area contributed by atoms with Crippen LogP contribution in [0.5, 0.6) is 0 Å². The Kier molecular flexibility index (Phi) is 130. The Morgan fingerprint density at radius 1 is 0.286 bits per heavy atom. The van der Waals surface area contributed by atoms with Crippen molar-refractivity contribution in [3.05, 3.63) is 168 Å². The van der Waals surface area contributed by atoms with Crippen LogP contribution in [0.1, 0.15) is 201 Å². The summed E-state index contributed by atoms with van der Waals surface area (Å²) in [6, 6.07) is 52.0. The largest absolute Gasteiger partial charge is 0.345 e. The molecule has 0 amide bonds. The van der Waals surface area contributed by atoms with Crippen LogP contribution in [0.25, 0.3) is 0 Å². The Bertz CT molecular complexity index is 1160. The van der Waals surface area contributed by atoms with Gasteiger partial charge in [0, 0.05) is 55.5 Å². The molecule has 1 nitrogen and oxygen atoms in total. The summed E-state index contributed by atoms with van der Waals surface area (Å²) < 4.78 is 0. The predicted octanol–water partition coefficient (Wildman–Crippen LogP) is 22.0. The van der Waals surface area contributed by atoms with Gasteiger partial charge < -0.3 is 4.90 Å². The van der Waals surface area contributed by atoms with E-state index in [2.05, 4.69) is 209 Å². The van der Waals surface area contributed by atoms with Gasteiger partial charge >= 0.3 is 0 Å². The number of hydrogen-bond acceptors (Lipinski definition) is 1. The van der Waals surface area contributed by atoms with E-state index in [-0.39, 0.29) is 37.1 Å². The molecule has 0 heterocycles. The molecule has 0 spiro atoms. The first-order chi connectivity index (χ1) is 29.8. The molecule has 0 aliphatic heterocycles. The second-order valence-corrected chi connectivity index (χ2v) is 11.6. The van der Waals surface area contributed by atoms with E-state index in [0.717, 1.165) is 6.42 Å². The SMILES string of the molecule is CC.CC.CC.CC.CC.CC.CCC.CCC.CCC.CCC.CCC.CN(c1ccccc1)c1ccccc1.Cc1ccccc1.[V].[V].c1ccc(Cc2ccccc2)cc1. The number of aryl methyl sites for hydroxylation is 1. The number of rotatable bonds is 4. The number of hydrogen-bond donors (Lipinski definition) is 0. The van der Waals surface area contributed by atoms with E-state index in [9.17, 15) is 0 Å². The molecule has 2 radical (unpaired) electrons. The van der Waals surface area contributed by atoms with Gasteiger partial charge in [-0.15, -0.1) is 0 Å². The minimum Gasteiger partial charge on any atom is -0.345 e. The third kappa shape index (κ3) is 79.9. The summed E-state index contributed by atoms with van der Waals surface area (Å²) in [5, 5.41) is 0. The molecule has 0 aliphatic carbocycles. The van der Waals surface area contributed by atoms with Crippen LogP contribution in [0.4, 0.5) is 11.4 Å². The smallest absolute Gasteiger partial charge is 0.0408 e. The molecule has 0 atom stereocenters. The average Bonchev–Trinajstić information content (AvgIpc) is 3.33. The van der Waals surface area contributed by atoms with Crippen molar-refractivity contribution in [3.8, 4) is 0 Å². The molecule has 5 aromatic carbocycles. The Balaban J connectivity index is -0.0000000564. The van der Waals surface area contributed by atoms with E-state index >= 15 is 0 Å². The summed E-state index contributed by atoms with van der Waals surface area (Å²) in [5.74, 6) is 0. The van der Waals surface area contributed by atoms with E-state index in [1.807, 2.05) is 113 Å². The summed E-state index contributed by atoms with van der Waals surface area (Å²) in [6.07, 6.45) is 7.28. The monoisotopic (exact) mass is 946 g/mol. The van der Waals surface area contributed by atoms with Gasteiger partial charge in [0.05, 0.1) is 0 Å². The molecule has 0 bridgehead atoms. The van der Waals surface area contributed by atoms with Crippen LogP contribution in [0, 0.1) is 6.92 Å². The molecule has 5 rings (SSSR count). The molecular weight excluding hydrogens is 837 g/mol. The van der Waals surface area contributed by atoms with Crippen molar-refractivity contribution in [2.75, 3.05) is 11.9 Å². The second kappa shape index (κ2) is 93.8. The zero-order chi connectivity index (χ0) is 49.4. The van der Waals surface area contributed by atoms with E-state index in [4.69, 9.17) is 0 Å². The third-order valence-electron chi connectivity index (χ3n) is 5.32. The molecule has 0 saturated heterocycles. The zero-order valence-electron chi connectivity index (χ0n) is 46.5. The number of nitrogens with zero attached hydrogens (tertiary/aromatic N) is 1. The Hall–Kier alpha value is -2.93. The molecule has 0 unspecified atom stereocenters. The van der Waals surface area contributed by atoms with Gasteiger partial charge in [0.25, 0.3) is 0 Å². The van der Waals surface area contributed by atoms with Gasteiger partial charge in [0.1, 0.15) is 0 Å².